The molecule has 0 heterocycles. The van der Waals surface area contributed by atoms with Crippen molar-refractivity contribution in [1.29, 1.82) is 0 Å². The molecule has 0 aliphatic heterocycles. The molecule has 0 fully saturated rings. The molecule has 0 aromatic rings. The van der Waals surface area contributed by atoms with Crippen molar-refractivity contribution < 1.29 is 14.3 Å². The predicted molar refractivity (Wildman–Crippen MR) is 67.4 cm³/mol. The van der Waals surface area contributed by atoms with E-state index in [1.165, 1.54) is 14.0 Å². The van der Waals surface area contributed by atoms with E-state index < -0.39 is 12.0 Å². The predicted octanol–water partition coefficient (Wildman–Crippen LogP) is 1.90. The van der Waals surface area contributed by atoms with Crippen LogP contribution in [-0.4, -0.2) is 25.0 Å². The average molecular weight is 241 g/mol. The van der Waals surface area contributed by atoms with Crippen LogP contribution < -0.4 is 5.32 Å². The van der Waals surface area contributed by atoms with E-state index in [9.17, 15) is 9.59 Å². The van der Waals surface area contributed by atoms with Crippen molar-refractivity contribution in [3.8, 4) is 0 Å². The fourth-order valence-corrected chi connectivity index (χ4v) is 1.30. The SMILES string of the molecule is COC(=O)[C@@H](NC(C)=O)[C@H](C)/C=C/C(C)(C)C. The van der Waals surface area contributed by atoms with Crippen LogP contribution in [0.5, 0.6) is 0 Å². The Labute approximate surface area is 103 Å². The van der Waals surface area contributed by atoms with Crippen molar-refractivity contribution in [3.63, 3.8) is 0 Å². The molecule has 1 N–H and O–H groups in total. The lowest BCUT2D eigenvalue weighted by atomic mass is 9.92. The molecule has 0 aliphatic carbocycles. The fraction of sp³-hybridized carbons (Fsp3) is 0.692. The molecular weight excluding hydrogens is 218 g/mol. The van der Waals surface area contributed by atoms with Gasteiger partial charge >= 0.3 is 5.97 Å². The summed E-state index contributed by atoms with van der Waals surface area (Å²) in [4.78, 5) is 22.6. The zero-order valence-electron chi connectivity index (χ0n) is 11.5. The quantitative estimate of drug-likeness (QED) is 0.604. The van der Waals surface area contributed by atoms with Gasteiger partial charge in [0.25, 0.3) is 0 Å². The van der Waals surface area contributed by atoms with Gasteiger partial charge in [0.2, 0.25) is 5.91 Å². The molecule has 0 rings (SSSR count). The number of hydrogen-bond acceptors (Lipinski definition) is 3. The Bertz CT molecular complexity index is 302. The third-order valence-corrected chi connectivity index (χ3v) is 2.24. The molecule has 2 atom stereocenters. The Morgan fingerprint density at radius 1 is 1.29 bits per heavy atom. The van der Waals surface area contributed by atoms with Gasteiger partial charge in [-0.2, -0.15) is 0 Å². The maximum absolute atomic E-state index is 11.5. The molecule has 0 saturated heterocycles. The standard InChI is InChI=1S/C13H23NO3/c1-9(7-8-13(3,4)5)11(12(16)17-6)14-10(2)15/h7-9,11H,1-6H3,(H,14,15)/b8-7+/t9-,11+/m1/s1. The smallest absolute Gasteiger partial charge is 0.328 e. The van der Waals surface area contributed by atoms with Crippen LogP contribution in [-0.2, 0) is 14.3 Å². The highest BCUT2D eigenvalue weighted by atomic mass is 16.5. The third-order valence-electron chi connectivity index (χ3n) is 2.24. The molecule has 17 heavy (non-hydrogen) atoms. The molecule has 0 aliphatic rings. The first-order valence-corrected chi connectivity index (χ1v) is 5.71. The lowest BCUT2D eigenvalue weighted by molar-refractivity contribution is -0.145. The first kappa shape index (κ1) is 15.7. The summed E-state index contributed by atoms with van der Waals surface area (Å²) >= 11 is 0. The number of carbonyl (C=O) groups excluding carboxylic acids is 2. The number of hydrogen-bond donors (Lipinski definition) is 1. The number of methoxy groups -OCH3 is 1. The Balaban J connectivity index is 4.75. The topological polar surface area (TPSA) is 55.4 Å². The summed E-state index contributed by atoms with van der Waals surface area (Å²) in [7, 11) is 1.32. The number of amides is 1. The summed E-state index contributed by atoms with van der Waals surface area (Å²) in [6.45, 7) is 9.47. The van der Waals surface area contributed by atoms with Gasteiger partial charge in [-0.1, -0.05) is 39.8 Å². The summed E-state index contributed by atoms with van der Waals surface area (Å²) < 4.78 is 4.68. The van der Waals surface area contributed by atoms with Gasteiger partial charge in [0, 0.05) is 12.8 Å². The van der Waals surface area contributed by atoms with Crippen LogP contribution in [0, 0.1) is 11.3 Å². The van der Waals surface area contributed by atoms with Gasteiger partial charge in [-0.15, -0.1) is 0 Å². The maximum Gasteiger partial charge on any atom is 0.328 e. The lowest BCUT2D eigenvalue weighted by Gasteiger charge is -2.21. The van der Waals surface area contributed by atoms with Gasteiger partial charge in [0.05, 0.1) is 7.11 Å². The first-order chi connectivity index (χ1) is 7.67. The molecule has 0 bridgehead atoms. The Morgan fingerprint density at radius 3 is 2.18 bits per heavy atom. The van der Waals surface area contributed by atoms with Gasteiger partial charge in [-0.3, -0.25) is 4.79 Å². The van der Waals surface area contributed by atoms with Crippen LogP contribution in [0.2, 0.25) is 0 Å². The number of allylic oxidation sites excluding steroid dienone is 1. The molecule has 0 spiro atoms. The van der Waals surface area contributed by atoms with Gasteiger partial charge in [0.15, 0.2) is 0 Å². The van der Waals surface area contributed by atoms with Gasteiger partial charge in [-0.25, -0.2) is 4.79 Å². The largest absolute Gasteiger partial charge is 0.467 e. The summed E-state index contributed by atoms with van der Waals surface area (Å²) in [6, 6.07) is -0.629. The van der Waals surface area contributed by atoms with E-state index in [4.69, 9.17) is 0 Å². The van der Waals surface area contributed by atoms with Crippen LogP contribution in [0.4, 0.5) is 0 Å². The van der Waals surface area contributed by atoms with Gasteiger partial charge in [0.1, 0.15) is 6.04 Å². The minimum absolute atomic E-state index is 0.0468. The van der Waals surface area contributed by atoms with Crippen molar-refractivity contribution in [2.45, 2.75) is 40.7 Å². The Morgan fingerprint density at radius 2 is 1.82 bits per heavy atom. The second kappa shape index (κ2) is 6.42. The van der Waals surface area contributed by atoms with Crippen molar-refractivity contribution in [3.05, 3.63) is 12.2 Å². The van der Waals surface area contributed by atoms with E-state index in [0.717, 1.165) is 0 Å². The number of nitrogens with one attached hydrogen (secondary N) is 1. The molecule has 1 amide bonds. The van der Waals surface area contributed by atoms with E-state index in [2.05, 4.69) is 30.8 Å². The third kappa shape index (κ3) is 6.76. The fourth-order valence-electron chi connectivity index (χ4n) is 1.30. The van der Waals surface area contributed by atoms with Crippen LogP contribution in [0.25, 0.3) is 0 Å². The number of carbonyl (C=O) groups is 2. The zero-order valence-corrected chi connectivity index (χ0v) is 11.5. The monoisotopic (exact) mass is 241 g/mol. The van der Waals surface area contributed by atoms with Crippen LogP contribution >= 0.6 is 0 Å². The van der Waals surface area contributed by atoms with E-state index in [1.54, 1.807) is 0 Å². The summed E-state index contributed by atoms with van der Waals surface area (Å²) in [5.41, 5.74) is 0.0468. The first-order valence-electron chi connectivity index (χ1n) is 5.71. The van der Waals surface area contributed by atoms with Crippen LogP contribution in [0.3, 0.4) is 0 Å². The van der Waals surface area contributed by atoms with Crippen molar-refractivity contribution in [2.75, 3.05) is 7.11 Å². The highest BCUT2D eigenvalue weighted by Crippen LogP contribution is 2.17. The lowest BCUT2D eigenvalue weighted by Crippen LogP contribution is -2.44. The Hall–Kier alpha value is -1.32. The molecule has 0 aromatic heterocycles. The summed E-state index contributed by atoms with van der Waals surface area (Å²) in [5, 5.41) is 2.60. The van der Waals surface area contributed by atoms with E-state index in [1.807, 2.05) is 19.1 Å². The number of rotatable bonds is 4. The molecule has 98 valence electrons. The molecule has 0 unspecified atom stereocenters. The molecule has 4 nitrogen and oxygen atoms in total. The highest BCUT2D eigenvalue weighted by molar-refractivity contribution is 5.83. The molecule has 0 radical (unpaired) electrons. The van der Waals surface area contributed by atoms with Crippen LogP contribution in [0.15, 0.2) is 12.2 Å². The van der Waals surface area contributed by atoms with Crippen LogP contribution in [0.1, 0.15) is 34.6 Å². The summed E-state index contributed by atoms with van der Waals surface area (Å²) in [5.74, 6) is -0.770. The Kier molecular flexibility index (Phi) is 5.93. The van der Waals surface area contributed by atoms with E-state index >= 15 is 0 Å². The molecular formula is C13H23NO3. The maximum atomic E-state index is 11.5. The number of ether oxygens (including phenoxy) is 1. The zero-order chi connectivity index (χ0) is 13.6. The molecule has 4 heteroatoms. The van der Waals surface area contributed by atoms with E-state index in [0.29, 0.717) is 0 Å². The summed E-state index contributed by atoms with van der Waals surface area (Å²) in [6.07, 6.45) is 3.95. The number of esters is 1. The van der Waals surface area contributed by atoms with Crippen molar-refractivity contribution >= 4 is 11.9 Å². The van der Waals surface area contributed by atoms with Crippen molar-refractivity contribution in [2.24, 2.45) is 11.3 Å². The molecule has 0 aromatic carbocycles. The van der Waals surface area contributed by atoms with Gasteiger partial charge < -0.3 is 10.1 Å². The normalized spacial score (nSPS) is 15.4. The van der Waals surface area contributed by atoms with E-state index in [-0.39, 0.29) is 17.2 Å². The highest BCUT2D eigenvalue weighted by Gasteiger charge is 2.25. The minimum Gasteiger partial charge on any atom is -0.467 e. The van der Waals surface area contributed by atoms with Gasteiger partial charge in [-0.05, 0) is 5.41 Å². The second-order valence-electron chi connectivity index (χ2n) is 5.29. The average Bonchev–Trinajstić information content (AvgIpc) is 2.20. The minimum atomic E-state index is -0.629. The second-order valence-corrected chi connectivity index (χ2v) is 5.29. The van der Waals surface area contributed by atoms with Crippen molar-refractivity contribution in [1.82, 2.24) is 5.32 Å². The molecule has 0 saturated carbocycles.